The van der Waals surface area contributed by atoms with E-state index in [1.54, 1.807) is 23.1 Å². The molecule has 0 spiro atoms. The van der Waals surface area contributed by atoms with Crippen LogP contribution in [0.1, 0.15) is 34.3 Å². The number of carbonyl (C=O) groups excluding carboxylic acids is 3. The first-order chi connectivity index (χ1) is 16.3. The zero-order valence-corrected chi connectivity index (χ0v) is 20.3. The van der Waals surface area contributed by atoms with E-state index in [1.165, 1.54) is 0 Å². The average molecular weight is 468 g/mol. The minimum Gasteiger partial charge on any atom is -0.485 e. The van der Waals surface area contributed by atoms with E-state index in [-0.39, 0.29) is 30.8 Å². The lowest BCUT2D eigenvalue weighted by molar-refractivity contribution is -0.122. The summed E-state index contributed by atoms with van der Waals surface area (Å²) in [6.07, 6.45) is 0.822. The second-order valence-corrected chi connectivity index (χ2v) is 8.71. The van der Waals surface area contributed by atoms with E-state index in [0.717, 1.165) is 17.7 Å². The van der Waals surface area contributed by atoms with Crippen molar-refractivity contribution >= 4 is 23.3 Å². The summed E-state index contributed by atoms with van der Waals surface area (Å²) in [5, 5.41) is 2.87. The van der Waals surface area contributed by atoms with Crippen LogP contribution in [-0.2, 0) is 9.59 Å². The van der Waals surface area contributed by atoms with Gasteiger partial charge in [-0.15, -0.1) is 0 Å². The van der Waals surface area contributed by atoms with Gasteiger partial charge in [0.25, 0.3) is 5.91 Å². The Bertz CT molecular complexity index is 1030. The molecule has 8 heteroatoms. The third-order valence-electron chi connectivity index (χ3n) is 5.65. The van der Waals surface area contributed by atoms with E-state index in [9.17, 15) is 14.4 Å². The number of Topliss-reactive ketones (excluding diaryl/α,β-unsaturated/α-hetero) is 1. The number of hydrogen-bond acceptors (Lipinski definition) is 6. The molecule has 2 aromatic rings. The molecule has 3 rings (SSSR count). The highest BCUT2D eigenvalue weighted by molar-refractivity contribution is 6.02. The third kappa shape index (κ3) is 6.57. The molecule has 2 amide bonds. The van der Waals surface area contributed by atoms with Crippen molar-refractivity contribution in [3.8, 4) is 11.5 Å². The van der Waals surface area contributed by atoms with Crippen molar-refractivity contribution < 1.29 is 23.9 Å². The molecule has 1 N–H and O–H groups in total. The van der Waals surface area contributed by atoms with Crippen LogP contribution in [0, 0.1) is 13.8 Å². The number of nitrogens with one attached hydrogen (secondary N) is 1. The van der Waals surface area contributed by atoms with Gasteiger partial charge in [0, 0.05) is 31.6 Å². The van der Waals surface area contributed by atoms with Crippen LogP contribution in [0.4, 0.5) is 5.69 Å². The highest BCUT2D eigenvalue weighted by atomic mass is 16.5. The number of fused-ring (bicyclic) bond motifs is 1. The molecule has 1 aliphatic heterocycles. The predicted molar refractivity (Wildman–Crippen MR) is 131 cm³/mol. The number of rotatable bonds is 11. The number of likely N-dealkylation sites (N-methyl/N-ethyl adjacent to an activating group) is 1. The Labute approximate surface area is 200 Å². The predicted octanol–water partition coefficient (Wildman–Crippen LogP) is 2.75. The van der Waals surface area contributed by atoms with Gasteiger partial charge in [0.05, 0.1) is 5.69 Å². The number of ketones is 1. The quantitative estimate of drug-likeness (QED) is 0.512. The number of para-hydroxylation sites is 1. The summed E-state index contributed by atoms with van der Waals surface area (Å²) in [6, 6.07) is 10.9. The molecule has 0 unspecified atom stereocenters. The van der Waals surface area contributed by atoms with Crippen molar-refractivity contribution in [1.82, 2.24) is 10.2 Å². The maximum absolute atomic E-state index is 12.8. The van der Waals surface area contributed by atoms with Gasteiger partial charge < -0.3 is 24.6 Å². The van der Waals surface area contributed by atoms with Crippen molar-refractivity contribution in [3.63, 3.8) is 0 Å². The maximum atomic E-state index is 12.8. The summed E-state index contributed by atoms with van der Waals surface area (Å²) in [4.78, 5) is 41.0. The summed E-state index contributed by atoms with van der Waals surface area (Å²) in [7, 11) is 3.89. The maximum Gasteiger partial charge on any atom is 0.265 e. The number of amides is 2. The Morgan fingerprint density at radius 3 is 2.59 bits per heavy atom. The van der Waals surface area contributed by atoms with E-state index >= 15 is 0 Å². The van der Waals surface area contributed by atoms with Crippen molar-refractivity contribution in [2.45, 2.75) is 26.7 Å². The molecule has 2 aromatic carbocycles. The highest BCUT2D eigenvalue weighted by Gasteiger charge is 2.26. The summed E-state index contributed by atoms with van der Waals surface area (Å²) in [5.74, 6) is 0.816. The SMILES string of the molecule is Cc1cccc(C)c1OCC(=O)c1ccc2c(c1)N(CCCC(=O)NCCN(C)C)C(=O)CO2. The summed E-state index contributed by atoms with van der Waals surface area (Å²) >= 11 is 0. The molecule has 0 aromatic heterocycles. The number of benzene rings is 2. The van der Waals surface area contributed by atoms with Crippen molar-refractivity contribution in [1.29, 1.82) is 0 Å². The Kier molecular flexibility index (Phi) is 8.65. The fourth-order valence-corrected chi connectivity index (χ4v) is 3.77. The van der Waals surface area contributed by atoms with Crippen molar-refractivity contribution in [2.75, 3.05) is 51.8 Å². The van der Waals surface area contributed by atoms with Gasteiger partial charge in [-0.05, 0) is 63.7 Å². The molecular formula is C26H33N3O5. The fourth-order valence-electron chi connectivity index (χ4n) is 3.77. The van der Waals surface area contributed by atoms with E-state index in [2.05, 4.69) is 5.32 Å². The van der Waals surface area contributed by atoms with Gasteiger partial charge in [0.15, 0.2) is 19.0 Å². The van der Waals surface area contributed by atoms with Crippen LogP contribution in [0.5, 0.6) is 11.5 Å². The second-order valence-electron chi connectivity index (χ2n) is 8.71. The van der Waals surface area contributed by atoms with Crippen LogP contribution in [0.3, 0.4) is 0 Å². The normalized spacial score (nSPS) is 12.9. The molecule has 1 aliphatic rings. The van der Waals surface area contributed by atoms with E-state index in [1.807, 2.05) is 51.0 Å². The third-order valence-corrected chi connectivity index (χ3v) is 5.65. The molecule has 8 nitrogen and oxygen atoms in total. The van der Waals surface area contributed by atoms with Gasteiger partial charge in [-0.3, -0.25) is 14.4 Å². The zero-order chi connectivity index (χ0) is 24.7. The summed E-state index contributed by atoms with van der Waals surface area (Å²) < 4.78 is 11.4. The van der Waals surface area contributed by atoms with E-state index < -0.39 is 0 Å². The Morgan fingerprint density at radius 1 is 1.15 bits per heavy atom. The topological polar surface area (TPSA) is 88.2 Å². The van der Waals surface area contributed by atoms with Gasteiger partial charge in [-0.2, -0.15) is 0 Å². The minimum absolute atomic E-state index is 0.0460. The van der Waals surface area contributed by atoms with Crippen molar-refractivity contribution in [2.24, 2.45) is 0 Å². The largest absolute Gasteiger partial charge is 0.485 e. The molecule has 34 heavy (non-hydrogen) atoms. The lowest BCUT2D eigenvalue weighted by atomic mass is 10.1. The van der Waals surface area contributed by atoms with E-state index in [0.29, 0.717) is 48.7 Å². The van der Waals surface area contributed by atoms with Gasteiger partial charge in [0.1, 0.15) is 11.5 Å². The van der Waals surface area contributed by atoms with Crippen LogP contribution in [0.2, 0.25) is 0 Å². The molecule has 1 heterocycles. The highest BCUT2D eigenvalue weighted by Crippen LogP contribution is 2.33. The summed E-state index contributed by atoms with van der Waals surface area (Å²) in [6.45, 7) is 5.43. The Morgan fingerprint density at radius 2 is 1.88 bits per heavy atom. The molecule has 0 aliphatic carbocycles. The molecule has 0 saturated carbocycles. The number of nitrogens with zero attached hydrogens (tertiary/aromatic N) is 2. The number of hydrogen-bond donors (Lipinski definition) is 1. The second kappa shape index (κ2) is 11.7. The lowest BCUT2D eigenvalue weighted by Gasteiger charge is -2.29. The number of ether oxygens (including phenoxy) is 2. The number of aryl methyl sites for hydroxylation is 2. The molecule has 0 saturated heterocycles. The van der Waals surface area contributed by atoms with Crippen LogP contribution < -0.4 is 19.7 Å². The smallest absolute Gasteiger partial charge is 0.265 e. The van der Waals surface area contributed by atoms with E-state index in [4.69, 9.17) is 9.47 Å². The Hall–Kier alpha value is -3.39. The van der Waals surface area contributed by atoms with Crippen LogP contribution in [0.15, 0.2) is 36.4 Å². The summed E-state index contributed by atoms with van der Waals surface area (Å²) in [5.41, 5.74) is 2.92. The molecule has 182 valence electrons. The standard InChI is InChI=1S/C26H33N3O5/c1-18-7-5-8-19(2)26(18)34-16-22(30)20-10-11-23-21(15-20)29(25(32)17-33-23)13-6-9-24(31)27-12-14-28(3)4/h5,7-8,10-11,15H,6,9,12-14,16-17H2,1-4H3,(H,27,31). The molecule has 0 radical (unpaired) electrons. The monoisotopic (exact) mass is 467 g/mol. The average Bonchev–Trinajstić information content (AvgIpc) is 2.79. The van der Waals surface area contributed by atoms with Crippen LogP contribution >= 0.6 is 0 Å². The first-order valence-corrected chi connectivity index (χ1v) is 11.5. The van der Waals surface area contributed by atoms with Crippen LogP contribution in [0.25, 0.3) is 0 Å². The molecule has 0 bridgehead atoms. The molecule has 0 atom stereocenters. The molecular weight excluding hydrogens is 434 g/mol. The number of anilines is 1. The van der Waals surface area contributed by atoms with Gasteiger partial charge in [-0.25, -0.2) is 0 Å². The number of carbonyl (C=O) groups is 3. The van der Waals surface area contributed by atoms with Crippen molar-refractivity contribution in [3.05, 3.63) is 53.1 Å². The van der Waals surface area contributed by atoms with Crippen LogP contribution in [-0.4, -0.2) is 69.4 Å². The fraction of sp³-hybridized carbons (Fsp3) is 0.423. The lowest BCUT2D eigenvalue weighted by Crippen LogP contribution is -2.40. The first kappa shape index (κ1) is 25.2. The minimum atomic E-state index is -0.197. The van der Waals surface area contributed by atoms with Gasteiger partial charge in [-0.1, -0.05) is 18.2 Å². The van der Waals surface area contributed by atoms with Gasteiger partial charge >= 0.3 is 0 Å². The zero-order valence-electron chi connectivity index (χ0n) is 20.3. The van der Waals surface area contributed by atoms with Gasteiger partial charge in [0.2, 0.25) is 5.91 Å². The first-order valence-electron chi connectivity index (χ1n) is 11.5. The Balaban J connectivity index is 1.63. The molecule has 0 fully saturated rings.